The van der Waals surface area contributed by atoms with Crippen LogP contribution in [0, 0.1) is 5.82 Å². The zero-order valence-electron chi connectivity index (χ0n) is 19.0. The van der Waals surface area contributed by atoms with E-state index in [2.05, 4.69) is 25.1 Å². The van der Waals surface area contributed by atoms with Crippen molar-refractivity contribution in [2.24, 2.45) is 0 Å². The molecule has 4 aromatic heterocycles. The van der Waals surface area contributed by atoms with Crippen LogP contribution in [0.1, 0.15) is 0 Å². The second kappa shape index (κ2) is 7.95. The minimum absolute atomic E-state index is 0.112. The third kappa shape index (κ3) is 3.65. The third-order valence-electron chi connectivity index (χ3n) is 6.10. The van der Waals surface area contributed by atoms with E-state index < -0.39 is 5.82 Å². The number of hydrogen-bond acceptors (Lipinski definition) is 5. The maximum absolute atomic E-state index is 14.0. The van der Waals surface area contributed by atoms with Crippen LogP contribution >= 0.6 is 0 Å². The van der Waals surface area contributed by atoms with E-state index in [1.807, 2.05) is 61.6 Å². The van der Waals surface area contributed by atoms with Crippen LogP contribution in [0.2, 0.25) is 0 Å². The van der Waals surface area contributed by atoms with Gasteiger partial charge >= 0.3 is 0 Å². The van der Waals surface area contributed by atoms with Gasteiger partial charge in [0.15, 0.2) is 0 Å². The molecule has 0 fully saturated rings. The van der Waals surface area contributed by atoms with Crippen molar-refractivity contribution >= 4 is 27.5 Å². The summed E-state index contributed by atoms with van der Waals surface area (Å²) in [7, 11) is 3.95. The van der Waals surface area contributed by atoms with E-state index in [1.165, 1.54) is 6.07 Å². The van der Waals surface area contributed by atoms with Crippen LogP contribution in [-0.2, 0) is 0 Å². The summed E-state index contributed by atoms with van der Waals surface area (Å²) in [5.41, 5.74) is 7.38. The van der Waals surface area contributed by atoms with E-state index in [0.717, 1.165) is 61.8 Å². The number of pyridine rings is 2. The first-order chi connectivity index (χ1) is 17.0. The SMILES string of the molecule is CN(C)c1cncc(-c2cc3c(-c4cc5c(-c6cc(O)cc(F)c6)cccc5[nH]4)n[nH]c3cn2)c1. The zero-order valence-corrected chi connectivity index (χ0v) is 19.0. The lowest BCUT2D eigenvalue weighted by Crippen LogP contribution is -2.08. The summed E-state index contributed by atoms with van der Waals surface area (Å²) in [5, 5.41) is 19.3. The molecule has 2 aromatic carbocycles. The summed E-state index contributed by atoms with van der Waals surface area (Å²) in [6, 6.07) is 15.9. The molecule has 6 aromatic rings. The van der Waals surface area contributed by atoms with E-state index in [-0.39, 0.29) is 5.75 Å². The summed E-state index contributed by atoms with van der Waals surface area (Å²) >= 11 is 0. The van der Waals surface area contributed by atoms with Gasteiger partial charge < -0.3 is 15.0 Å². The lowest BCUT2D eigenvalue weighted by Gasteiger charge is -2.12. The number of aromatic amines is 2. The average Bonchev–Trinajstić information content (AvgIpc) is 3.47. The summed E-state index contributed by atoms with van der Waals surface area (Å²) < 4.78 is 14.0. The first-order valence-corrected chi connectivity index (χ1v) is 11.1. The maximum atomic E-state index is 14.0. The van der Waals surface area contributed by atoms with E-state index in [4.69, 9.17) is 0 Å². The Bertz CT molecular complexity index is 1700. The number of aromatic nitrogens is 5. The normalized spacial score (nSPS) is 11.4. The molecule has 0 atom stereocenters. The monoisotopic (exact) mass is 464 g/mol. The Morgan fingerprint density at radius 3 is 2.60 bits per heavy atom. The van der Waals surface area contributed by atoms with E-state index in [9.17, 15) is 9.50 Å². The molecular weight excluding hydrogens is 443 g/mol. The summed E-state index contributed by atoms with van der Waals surface area (Å²) in [6.45, 7) is 0. The Morgan fingerprint density at radius 2 is 1.77 bits per heavy atom. The lowest BCUT2D eigenvalue weighted by molar-refractivity contribution is 0.469. The van der Waals surface area contributed by atoms with E-state index >= 15 is 0 Å². The van der Waals surface area contributed by atoms with Gasteiger partial charge in [0, 0.05) is 48.2 Å². The average molecular weight is 465 g/mol. The Labute approximate surface area is 199 Å². The molecule has 0 aliphatic heterocycles. The highest BCUT2D eigenvalue weighted by Crippen LogP contribution is 2.36. The molecule has 0 aliphatic carbocycles. The molecule has 6 rings (SSSR count). The van der Waals surface area contributed by atoms with Gasteiger partial charge in [-0.1, -0.05) is 12.1 Å². The Kier molecular flexibility index (Phi) is 4.74. The van der Waals surface area contributed by atoms with Gasteiger partial charge in [-0.25, -0.2) is 4.39 Å². The Morgan fingerprint density at radius 1 is 0.886 bits per heavy atom. The number of hydrogen-bond donors (Lipinski definition) is 3. The molecule has 0 saturated carbocycles. The number of phenols is 1. The van der Waals surface area contributed by atoms with Crippen LogP contribution in [0.25, 0.3) is 55.6 Å². The first-order valence-electron chi connectivity index (χ1n) is 11.1. The number of H-pyrrole nitrogens is 2. The van der Waals surface area contributed by atoms with Crippen molar-refractivity contribution in [3.63, 3.8) is 0 Å². The van der Waals surface area contributed by atoms with Crippen LogP contribution < -0.4 is 4.90 Å². The van der Waals surface area contributed by atoms with Gasteiger partial charge in [-0.05, 0) is 47.5 Å². The standard InChI is InChI=1S/C27H21FN6O/c1-34(2)18-7-16(12-29-13-18)24-11-22-26(14-30-24)32-33-27(22)25-10-21-20(4-3-5-23(21)31-25)15-6-17(28)9-19(35)8-15/h3-14,31,35H,1-2H3,(H,32,33). The van der Waals surface area contributed by atoms with Crippen LogP contribution in [-0.4, -0.2) is 44.4 Å². The van der Waals surface area contributed by atoms with Crippen molar-refractivity contribution in [1.29, 1.82) is 0 Å². The van der Waals surface area contributed by atoms with Gasteiger partial charge in [0.2, 0.25) is 0 Å². The number of halogens is 1. The van der Waals surface area contributed by atoms with Crippen molar-refractivity contribution in [1.82, 2.24) is 25.1 Å². The van der Waals surface area contributed by atoms with Gasteiger partial charge in [-0.3, -0.25) is 15.1 Å². The van der Waals surface area contributed by atoms with Gasteiger partial charge in [-0.15, -0.1) is 0 Å². The van der Waals surface area contributed by atoms with Crippen LogP contribution in [0.4, 0.5) is 10.1 Å². The zero-order chi connectivity index (χ0) is 24.1. The van der Waals surface area contributed by atoms with Gasteiger partial charge in [-0.2, -0.15) is 5.10 Å². The summed E-state index contributed by atoms with van der Waals surface area (Å²) in [6.07, 6.45) is 5.38. The van der Waals surface area contributed by atoms with Gasteiger partial charge in [0.05, 0.1) is 35.0 Å². The number of nitrogens with one attached hydrogen (secondary N) is 2. The number of aromatic hydroxyl groups is 1. The highest BCUT2D eigenvalue weighted by atomic mass is 19.1. The van der Waals surface area contributed by atoms with Crippen molar-refractivity contribution in [2.75, 3.05) is 19.0 Å². The maximum Gasteiger partial charge on any atom is 0.127 e. The molecule has 4 heterocycles. The van der Waals surface area contributed by atoms with Crippen molar-refractivity contribution in [3.05, 3.63) is 79.0 Å². The van der Waals surface area contributed by atoms with E-state index in [0.29, 0.717) is 5.56 Å². The highest BCUT2D eigenvalue weighted by molar-refractivity contribution is 6.01. The molecule has 0 radical (unpaired) electrons. The third-order valence-corrected chi connectivity index (χ3v) is 6.10. The molecule has 3 N–H and O–H groups in total. The molecule has 8 heteroatoms. The minimum atomic E-state index is -0.487. The smallest absolute Gasteiger partial charge is 0.127 e. The molecule has 0 spiro atoms. The molecule has 0 unspecified atom stereocenters. The molecule has 7 nitrogen and oxygen atoms in total. The minimum Gasteiger partial charge on any atom is -0.508 e. The fourth-order valence-electron chi connectivity index (χ4n) is 4.36. The Balaban J connectivity index is 1.48. The second-order valence-electron chi connectivity index (χ2n) is 8.66. The number of rotatable bonds is 4. The number of nitrogens with zero attached hydrogens (tertiary/aromatic N) is 4. The number of fused-ring (bicyclic) bond motifs is 2. The van der Waals surface area contributed by atoms with Gasteiger partial charge in [0.25, 0.3) is 0 Å². The first kappa shape index (κ1) is 20.9. The molecule has 0 bridgehead atoms. The number of phenolic OH excluding ortho intramolecular Hbond substituents is 1. The number of benzene rings is 2. The van der Waals surface area contributed by atoms with Crippen molar-refractivity contribution in [3.8, 4) is 39.5 Å². The second-order valence-corrected chi connectivity index (χ2v) is 8.66. The molecule has 0 saturated heterocycles. The Hall–Kier alpha value is -4.72. The summed E-state index contributed by atoms with van der Waals surface area (Å²) in [5.74, 6) is -0.599. The van der Waals surface area contributed by atoms with E-state index in [1.54, 1.807) is 18.5 Å². The van der Waals surface area contributed by atoms with Crippen molar-refractivity contribution in [2.45, 2.75) is 0 Å². The fourth-order valence-corrected chi connectivity index (χ4v) is 4.36. The number of anilines is 1. The van der Waals surface area contributed by atoms with Crippen LogP contribution in [0.5, 0.6) is 5.75 Å². The van der Waals surface area contributed by atoms with Gasteiger partial charge in [0.1, 0.15) is 17.3 Å². The molecule has 172 valence electrons. The largest absolute Gasteiger partial charge is 0.508 e. The quantitative estimate of drug-likeness (QED) is 0.309. The molecule has 35 heavy (non-hydrogen) atoms. The van der Waals surface area contributed by atoms with Crippen LogP contribution in [0.3, 0.4) is 0 Å². The molecule has 0 aliphatic rings. The van der Waals surface area contributed by atoms with Crippen LogP contribution in [0.15, 0.2) is 73.2 Å². The predicted octanol–water partition coefficient (Wildman–Crippen LogP) is 5.75. The lowest BCUT2D eigenvalue weighted by atomic mass is 10.0. The predicted molar refractivity (Wildman–Crippen MR) is 136 cm³/mol. The molecular formula is C27H21FN6O. The van der Waals surface area contributed by atoms with Crippen molar-refractivity contribution < 1.29 is 9.50 Å². The fraction of sp³-hybridized carbons (Fsp3) is 0.0741. The summed E-state index contributed by atoms with van der Waals surface area (Å²) in [4.78, 5) is 14.4. The topological polar surface area (TPSA) is 93.7 Å². The highest BCUT2D eigenvalue weighted by Gasteiger charge is 2.15. The molecule has 0 amide bonds.